The molecule has 4 heteroatoms. The molecule has 1 unspecified atom stereocenters. The molecular formula is C80H56N4. The topological polar surface area (TPSA) is 13.0 Å². The van der Waals surface area contributed by atoms with Crippen LogP contribution >= 0.6 is 0 Å². The van der Waals surface area contributed by atoms with Crippen molar-refractivity contribution in [3.63, 3.8) is 0 Å². The maximum atomic E-state index is 2.61. The number of hydrogen-bond donors (Lipinski definition) is 0. The van der Waals surface area contributed by atoms with Crippen molar-refractivity contribution in [2.24, 2.45) is 0 Å². The van der Waals surface area contributed by atoms with Gasteiger partial charge in [0.05, 0.1) is 40.2 Å². The number of hydrogen-bond acceptors (Lipinski definition) is 4. The molecule has 0 saturated carbocycles. The van der Waals surface area contributed by atoms with Crippen LogP contribution in [0.1, 0.15) is 16.7 Å². The Bertz CT molecular complexity index is 4880. The van der Waals surface area contributed by atoms with E-state index in [1.807, 2.05) is 0 Å². The Hall–Kier alpha value is -10.9. The summed E-state index contributed by atoms with van der Waals surface area (Å²) in [5.41, 5.74) is 17.1. The fourth-order valence-corrected chi connectivity index (χ4v) is 13.6. The van der Waals surface area contributed by atoms with E-state index in [4.69, 9.17) is 0 Å². The average molecular weight is 1070 g/mol. The predicted octanol–water partition coefficient (Wildman–Crippen LogP) is 21.7. The summed E-state index contributed by atoms with van der Waals surface area (Å²) in [4.78, 5) is 10.2. The minimum atomic E-state index is -0.278. The summed E-state index contributed by atoms with van der Waals surface area (Å²) in [6, 6.07) is 113. The van der Waals surface area contributed by atoms with E-state index >= 15 is 0 Å². The van der Waals surface area contributed by atoms with Gasteiger partial charge in [-0.3, -0.25) is 0 Å². The van der Waals surface area contributed by atoms with E-state index in [2.05, 4.69) is 341 Å². The highest BCUT2D eigenvalue weighted by atomic mass is 15.2. The van der Waals surface area contributed by atoms with Gasteiger partial charge in [-0.1, -0.05) is 237 Å². The highest BCUT2D eigenvalue weighted by Crippen LogP contribution is 2.56. The predicted molar refractivity (Wildman–Crippen MR) is 357 cm³/mol. The van der Waals surface area contributed by atoms with Gasteiger partial charge >= 0.3 is 0 Å². The third kappa shape index (κ3) is 8.14. The van der Waals surface area contributed by atoms with Crippen molar-refractivity contribution in [3.8, 4) is 0 Å². The molecule has 0 N–H and O–H groups in total. The van der Waals surface area contributed by atoms with Crippen LogP contribution in [0.3, 0.4) is 0 Å². The molecular weight excluding hydrogens is 1020 g/mol. The number of nitrogens with zero attached hydrogens (tertiary/aromatic N) is 4. The summed E-state index contributed by atoms with van der Waals surface area (Å²) in [7, 11) is 0. The zero-order chi connectivity index (χ0) is 55.5. The zero-order valence-corrected chi connectivity index (χ0v) is 46.2. The first-order chi connectivity index (χ1) is 41.7. The fraction of sp³-hybridized carbons (Fsp3) is 0.0250. The number of anilines is 10. The highest BCUT2D eigenvalue weighted by Gasteiger charge is 2.39. The first-order valence-electron chi connectivity index (χ1n) is 29.1. The van der Waals surface area contributed by atoms with E-state index in [1.54, 1.807) is 0 Å². The molecule has 0 heterocycles. The van der Waals surface area contributed by atoms with E-state index in [1.165, 1.54) is 76.1 Å². The Morgan fingerprint density at radius 2 is 0.667 bits per heavy atom. The van der Waals surface area contributed by atoms with Crippen LogP contribution in [0, 0.1) is 0 Å². The molecule has 0 aliphatic heterocycles. The normalized spacial score (nSPS) is 13.5. The van der Waals surface area contributed by atoms with Gasteiger partial charge in [0.1, 0.15) is 0 Å². The van der Waals surface area contributed by atoms with Crippen LogP contribution in [0.2, 0.25) is 0 Å². The van der Waals surface area contributed by atoms with Crippen molar-refractivity contribution in [3.05, 3.63) is 338 Å². The summed E-state index contributed by atoms with van der Waals surface area (Å²) >= 11 is 0. The van der Waals surface area contributed by atoms with Crippen LogP contribution in [-0.2, 0) is 6.42 Å². The molecule has 4 nitrogen and oxygen atoms in total. The van der Waals surface area contributed by atoms with Gasteiger partial charge < -0.3 is 19.6 Å². The molecule has 0 aromatic heterocycles. The Balaban J connectivity index is 1.08. The molecule has 0 amide bonds. The Morgan fingerprint density at radius 1 is 0.286 bits per heavy atom. The minimum absolute atomic E-state index is 0.278. The summed E-state index contributed by atoms with van der Waals surface area (Å²) in [6.45, 7) is 0. The number of para-hydroxylation sites is 4. The van der Waals surface area contributed by atoms with E-state index in [-0.39, 0.29) is 6.04 Å². The van der Waals surface area contributed by atoms with Gasteiger partial charge in [-0.2, -0.15) is 0 Å². The third-order valence-electron chi connectivity index (χ3n) is 17.2. The summed E-state index contributed by atoms with van der Waals surface area (Å²) < 4.78 is 0. The van der Waals surface area contributed by atoms with Gasteiger partial charge in [0.2, 0.25) is 0 Å². The standard InChI is InChI=1S/C80H56N4/c1-5-33-59(34-6-1)81(71-45-21-29-55-25-13-17-41-63(55)71)75-53-76(82(60-35-7-2-8-36-60)72-46-22-30-56-26-14-18-42-64(56)72)68-51-52-70-78(84(62-39-11-4-12-40-62)74-48-24-32-58-28-16-20-44-66(58)74)54-77(69-50-49-67(75)79(68)80(69)70)83(61-37-9-3-10-38-61)73-47-23-31-57-27-15-19-43-65(57)73/h1-51,53-54,76H,52H2. The molecule has 84 heavy (non-hydrogen) atoms. The maximum Gasteiger partial charge on any atom is 0.0802 e. The zero-order valence-electron chi connectivity index (χ0n) is 46.2. The van der Waals surface area contributed by atoms with Crippen molar-refractivity contribution in [1.82, 2.24) is 0 Å². The molecule has 0 spiro atoms. The van der Waals surface area contributed by atoms with Gasteiger partial charge in [-0.05, 0) is 135 Å². The Kier molecular flexibility index (Phi) is 12.0. The molecule has 0 radical (unpaired) electrons. The number of rotatable bonds is 12. The molecule has 1 atom stereocenters. The van der Waals surface area contributed by atoms with Gasteiger partial charge in [-0.15, -0.1) is 0 Å². The second kappa shape index (κ2) is 20.6. The minimum Gasteiger partial charge on any atom is -0.330 e. The van der Waals surface area contributed by atoms with Crippen LogP contribution in [-0.4, -0.2) is 6.04 Å². The summed E-state index contributed by atoms with van der Waals surface area (Å²) in [5, 5.41) is 11.9. The third-order valence-corrected chi connectivity index (χ3v) is 17.2. The first kappa shape index (κ1) is 48.9. The molecule has 16 rings (SSSR count). The average Bonchev–Trinajstić information content (AvgIpc) is 0.994. The molecule has 0 bridgehead atoms. The van der Waals surface area contributed by atoms with Crippen LogP contribution < -0.4 is 19.6 Å². The second-order valence-electron chi connectivity index (χ2n) is 21.9. The highest BCUT2D eigenvalue weighted by molar-refractivity contribution is 6.18. The lowest BCUT2D eigenvalue weighted by Crippen LogP contribution is -2.36. The Morgan fingerprint density at radius 3 is 1.15 bits per heavy atom. The number of benzene rings is 14. The lowest BCUT2D eigenvalue weighted by molar-refractivity contribution is 0.945. The molecule has 14 aromatic rings. The van der Waals surface area contributed by atoms with Crippen molar-refractivity contribution >= 4 is 122 Å². The second-order valence-corrected chi connectivity index (χ2v) is 21.9. The van der Waals surface area contributed by atoms with Gasteiger partial charge in [0.25, 0.3) is 0 Å². The largest absolute Gasteiger partial charge is 0.330 e. The smallest absolute Gasteiger partial charge is 0.0802 e. The molecule has 2 aliphatic rings. The van der Waals surface area contributed by atoms with Crippen molar-refractivity contribution in [2.45, 2.75) is 12.5 Å². The van der Waals surface area contributed by atoms with Gasteiger partial charge in [0.15, 0.2) is 0 Å². The lowest BCUT2D eigenvalue weighted by Gasteiger charge is -2.43. The molecule has 2 aliphatic carbocycles. The van der Waals surface area contributed by atoms with Crippen molar-refractivity contribution in [1.29, 1.82) is 0 Å². The Labute approximate surface area is 489 Å². The van der Waals surface area contributed by atoms with E-state index in [0.717, 1.165) is 62.6 Å². The summed E-state index contributed by atoms with van der Waals surface area (Å²) in [6.07, 6.45) is 5.83. The molecule has 14 aromatic carbocycles. The monoisotopic (exact) mass is 1070 g/mol. The molecule has 0 saturated heterocycles. The molecule has 0 fully saturated rings. The maximum absolute atomic E-state index is 2.61. The van der Waals surface area contributed by atoms with E-state index in [0.29, 0.717) is 6.42 Å². The lowest BCUT2D eigenvalue weighted by atomic mass is 9.76. The van der Waals surface area contributed by atoms with Gasteiger partial charge in [-0.25, -0.2) is 0 Å². The number of allylic oxidation sites excluding steroid dienone is 1. The first-order valence-corrected chi connectivity index (χ1v) is 29.1. The van der Waals surface area contributed by atoms with E-state index in [9.17, 15) is 0 Å². The SMILES string of the molecule is C1=C2c3c(ccc4c(N(c5ccccc5)c5cccc6ccccc56)cc(N(c5ccccc5)c5cccc6ccccc56)c(c34)C1)C(N(c1ccccc1)c1cccc3ccccc13)=CC2N(c1ccccc1)c1cccc2ccccc12. The summed E-state index contributed by atoms with van der Waals surface area (Å²) in [5.74, 6) is 0. The van der Waals surface area contributed by atoms with E-state index < -0.39 is 0 Å². The van der Waals surface area contributed by atoms with Crippen LogP contribution in [0.25, 0.3) is 65.1 Å². The van der Waals surface area contributed by atoms with Crippen molar-refractivity contribution < 1.29 is 0 Å². The quantitative estimate of drug-likeness (QED) is 0.121. The molecule has 396 valence electrons. The van der Waals surface area contributed by atoms with Crippen molar-refractivity contribution in [2.75, 3.05) is 19.6 Å². The van der Waals surface area contributed by atoms with Crippen LogP contribution in [0.15, 0.2) is 322 Å². The number of fused-ring (bicyclic) bond motifs is 4. The fourth-order valence-electron chi connectivity index (χ4n) is 13.6. The van der Waals surface area contributed by atoms with Gasteiger partial charge in [0, 0.05) is 60.9 Å². The van der Waals surface area contributed by atoms with Crippen LogP contribution in [0.5, 0.6) is 0 Å². The van der Waals surface area contributed by atoms with Crippen LogP contribution in [0.4, 0.5) is 56.9 Å².